The fourth-order valence-electron chi connectivity index (χ4n) is 2.95. The largest absolute Gasteiger partial charge is 0.494 e. The van der Waals surface area contributed by atoms with Crippen molar-refractivity contribution in [2.75, 3.05) is 25.1 Å². The zero-order chi connectivity index (χ0) is 19.1. The molecule has 0 unspecified atom stereocenters. The first-order valence-electron chi connectivity index (χ1n) is 9.20. The van der Waals surface area contributed by atoms with Gasteiger partial charge in [0.2, 0.25) is 0 Å². The number of rotatable bonds is 7. The Morgan fingerprint density at radius 2 is 1.89 bits per heavy atom. The zero-order valence-corrected chi connectivity index (χ0v) is 15.4. The maximum atomic E-state index is 12.5. The van der Waals surface area contributed by atoms with Crippen molar-refractivity contribution >= 4 is 17.5 Å². The molecule has 0 radical (unpaired) electrons. The first-order valence-corrected chi connectivity index (χ1v) is 9.20. The number of carbonyl (C=O) groups is 2. The van der Waals surface area contributed by atoms with E-state index in [0.717, 1.165) is 19.4 Å². The molecule has 0 aromatic heterocycles. The molecule has 142 valence electrons. The second-order valence-electron chi connectivity index (χ2n) is 6.34. The Labute approximate surface area is 158 Å². The average molecular weight is 368 g/mol. The average Bonchev–Trinajstić information content (AvgIpc) is 3.20. The molecule has 1 aliphatic rings. The van der Waals surface area contributed by atoms with Crippen molar-refractivity contribution in [3.63, 3.8) is 0 Å². The van der Waals surface area contributed by atoms with Gasteiger partial charge in [0, 0.05) is 30.0 Å². The minimum absolute atomic E-state index is 0.0921. The summed E-state index contributed by atoms with van der Waals surface area (Å²) in [6.45, 7) is 3.68. The normalized spacial score (nSPS) is 16.0. The molecule has 1 saturated heterocycles. The summed E-state index contributed by atoms with van der Waals surface area (Å²) in [4.78, 5) is 24.8. The predicted molar refractivity (Wildman–Crippen MR) is 103 cm³/mol. The molecular formula is C21H24N2O4. The number of nitrogens with one attached hydrogen (secondary N) is 2. The fraction of sp³-hybridized carbons (Fsp3) is 0.333. The fourth-order valence-corrected chi connectivity index (χ4v) is 2.95. The van der Waals surface area contributed by atoms with Gasteiger partial charge in [-0.25, -0.2) is 0 Å². The second-order valence-corrected chi connectivity index (χ2v) is 6.34. The Hall–Kier alpha value is -2.86. The number of ether oxygens (including phenoxy) is 2. The van der Waals surface area contributed by atoms with E-state index in [1.807, 2.05) is 6.92 Å². The summed E-state index contributed by atoms with van der Waals surface area (Å²) in [5, 5.41) is 5.70. The SMILES string of the molecule is CCOc1cccc(C(=O)Nc2cccc(C(=O)NC[C@@H]3CCCO3)c2)c1. The van der Waals surface area contributed by atoms with Crippen LogP contribution in [0.1, 0.15) is 40.5 Å². The molecule has 6 nitrogen and oxygen atoms in total. The van der Waals surface area contributed by atoms with Gasteiger partial charge in [0.25, 0.3) is 11.8 Å². The maximum absolute atomic E-state index is 12.5. The second kappa shape index (κ2) is 9.19. The van der Waals surface area contributed by atoms with Crippen molar-refractivity contribution in [2.45, 2.75) is 25.9 Å². The van der Waals surface area contributed by atoms with Gasteiger partial charge in [-0.05, 0) is 56.2 Å². The van der Waals surface area contributed by atoms with Crippen LogP contribution in [0.2, 0.25) is 0 Å². The van der Waals surface area contributed by atoms with Crippen LogP contribution in [-0.4, -0.2) is 37.7 Å². The summed E-state index contributed by atoms with van der Waals surface area (Å²) < 4.78 is 10.9. The highest BCUT2D eigenvalue weighted by atomic mass is 16.5. The van der Waals surface area contributed by atoms with Crippen molar-refractivity contribution in [1.29, 1.82) is 0 Å². The number of benzene rings is 2. The molecule has 0 saturated carbocycles. The van der Waals surface area contributed by atoms with E-state index in [2.05, 4.69) is 10.6 Å². The van der Waals surface area contributed by atoms with Gasteiger partial charge in [-0.15, -0.1) is 0 Å². The Kier molecular flexibility index (Phi) is 6.44. The topological polar surface area (TPSA) is 76.7 Å². The first kappa shape index (κ1) is 18.9. The molecule has 2 aromatic rings. The number of amides is 2. The number of carbonyl (C=O) groups excluding carboxylic acids is 2. The summed E-state index contributed by atoms with van der Waals surface area (Å²) in [5.74, 6) is 0.209. The van der Waals surface area contributed by atoms with Crippen molar-refractivity contribution in [3.05, 3.63) is 59.7 Å². The van der Waals surface area contributed by atoms with E-state index in [1.165, 1.54) is 0 Å². The molecule has 2 aromatic carbocycles. The lowest BCUT2D eigenvalue weighted by Gasteiger charge is -2.12. The van der Waals surface area contributed by atoms with Crippen LogP contribution in [0.4, 0.5) is 5.69 Å². The van der Waals surface area contributed by atoms with E-state index in [-0.39, 0.29) is 17.9 Å². The molecule has 2 amide bonds. The first-order chi connectivity index (χ1) is 13.2. The van der Waals surface area contributed by atoms with Crippen molar-refractivity contribution in [2.24, 2.45) is 0 Å². The third-order valence-electron chi connectivity index (χ3n) is 4.30. The Morgan fingerprint density at radius 1 is 1.11 bits per heavy atom. The number of anilines is 1. The zero-order valence-electron chi connectivity index (χ0n) is 15.4. The Morgan fingerprint density at radius 3 is 2.63 bits per heavy atom. The van der Waals surface area contributed by atoms with Crippen molar-refractivity contribution in [1.82, 2.24) is 5.32 Å². The Balaban J connectivity index is 1.61. The lowest BCUT2D eigenvalue weighted by molar-refractivity contribution is 0.0857. The molecule has 6 heteroatoms. The van der Waals surface area contributed by atoms with Gasteiger partial charge in [0.1, 0.15) is 5.75 Å². The van der Waals surface area contributed by atoms with E-state index in [4.69, 9.17) is 9.47 Å². The van der Waals surface area contributed by atoms with Crippen LogP contribution in [0.25, 0.3) is 0 Å². The highest BCUT2D eigenvalue weighted by Crippen LogP contribution is 2.17. The van der Waals surface area contributed by atoms with Crippen LogP contribution in [0.5, 0.6) is 5.75 Å². The maximum Gasteiger partial charge on any atom is 0.255 e. The molecule has 1 heterocycles. The highest BCUT2D eigenvalue weighted by molar-refractivity contribution is 6.05. The van der Waals surface area contributed by atoms with Crippen LogP contribution < -0.4 is 15.4 Å². The van der Waals surface area contributed by atoms with Gasteiger partial charge < -0.3 is 20.1 Å². The molecule has 0 aliphatic carbocycles. The third kappa shape index (κ3) is 5.31. The van der Waals surface area contributed by atoms with Gasteiger partial charge in [0.15, 0.2) is 0 Å². The van der Waals surface area contributed by atoms with E-state index < -0.39 is 0 Å². The van der Waals surface area contributed by atoms with Gasteiger partial charge >= 0.3 is 0 Å². The molecule has 2 N–H and O–H groups in total. The molecule has 1 fully saturated rings. The van der Waals surface area contributed by atoms with Crippen LogP contribution >= 0.6 is 0 Å². The summed E-state index contributed by atoms with van der Waals surface area (Å²) in [5.41, 5.74) is 1.55. The van der Waals surface area contributed by atoms with E-state index >= 15 is 0 Å². The molecule has 0 spiro atoms. The van der Waals surface area contributed by atoms with Crippen molar-refractivity contribution < 1.29 is 19.1 Å². The lowest BCUT2D eigenvalue weighted by Crippen LogP contribution is -2.31. The lowest BCUT2D eigenvalue weighted by atomic mass is 10.1. The standard InChI is InChI=1S/C21H24N2O4/c1-2-26-18-9-4-7-16(13-18)21(25)23-17-8-3-6-15(12-17)20(24)22-14-19-10-5-11-27-19/h3-4,6-9,12-13,19H,2,5,10-11,14H2,1H3,(H,22,24)(H,23,25)/t19-/m0/s1. The minimum Gasteiger partial charge on any atom is -0.494 e. The van der Waals surface area contributed by atoms with E-state index in [1.54, 1.807) is 48.5 Å². The number of hydrogen-bond acceptors (Lipinski definition) is 4. The summed E-state index contributed by atoms with van der Waals surface area (Å²) in [6.07, 6.45) is 2.10. The van der Waals surface area contributed by atoms with Gasteiger partial charge in [-0.2, -0.15) is 0 Å². The van der Waals surface area contributed by atoms with Gasteiger partial charge in [0.05, 0.1) is 12.7 Å². The third-order valence-corrected chi connectivity index (χ3v) is 4.30. The van der Waals surface area contributed by atoms with Crippen molar-refractivity contribution in [3.8, 4) is 5.75 Å². The minimum atomic E-state index is -0.256. The molecule has 0 bridgehead atoms. The summed E-state index contributed by atoms with van der Waals surface area (Å²) in [6, 6.07) is 13.9. The molecule has 1 atom stereocenters. The van der Waals surface area contributed by atoms with Crippen LogP contribution in [0.15, 0.2) is 48.5 Å². The quantitative estimate of drug-likeness (QED) is 0.787. The van der Waals surface area contributed by atoms with Crippen LogP contribution in [0, 0.1) is 0 Å². The predicted octanol–water partition coefficient (Wildman–Crippen LogP) is 3.25. The van der Waals surface area contributed by atoms with Crippen LogP contribution in [0.3, 0.4) is 0 Å². The van der Waals surface area contributed by atoms with E-state index in [9.17, 15) is 9.59 Å². The van der Waals surface area contributed by atoms with Crippen LogP contribution in [-0.2, 0) is 4.74 Å². The summed E-state index contributed by atoms with van der Waals surface area (Å²) >= 11 is 0. The Bertz CT molecular complexity index is 800. The molecular weight excluding hydrogens is 344 g/mol. The smallest absolute Gasteiger partial charge is 0.255 e. The highest BCUT2D eigenvalue weighted by Gasteiger charge is 2.17. The molecule has 3 rings (SSSR count). The molecule has 1 aliphatic heterocycles. The van der Waals surface area contributed by atoms with Gasteiger partial charge in [-0.1, -0.05) is 12.1 Å². The monoisotopic (exact) mass is 368 g/mol. The summed E-state index contributed by atoms with van der Waals surface area (Å²) in [7, 11) is 0. The van der Waals surface area contributed by atoms with E-state index in [0.29, 0.717) is 35.7 Å². The molecule has 27 heavy (non-hydrogen) atoms. The van der Waals surface area contributed by atoms with Gasteiger partial charge in [-0.3, -0.25) is 9.59 Å². The number of hydrogen-bond donors (Lipinski definition) is 2.